The van der Waals surface area contributed by atoms with E-state index in [-0.39, 0.29) is 6.04 Å². The molecule has 0 radical (unpaired) electrons. The first-order chi connectivity index (χ1) is 8.97. The topological polar surface area (TPSA) is 55.1 Å². The summed E-state index contributed by atoms with van der Waals surface area (Å²) in [5, 5.41) is 3.43. The van der Waals surface area contributed by atoms with Gasteiger partial charge in [-0.25, -0.2) is 0 Å². The second kappa shape index (κ2) is 5.45. The molecule has 3 N–H and O–H groups in total. The summed E-state index contributed by atoms with van der Waals surface area (Å²) < 4.78 is 0. The molecule has 1 heterocycles. The fourth-order valence-electron chi connectivity index (χ4n) is 2.14. The Hall–Kier alpha value is -1.81. The molecular formula is C15H18N2OS. The summed E-state index contributed by atoms with van der Waals surface area (Å²) in [5.41, 5.74) is 8.06. The minimum Gasteiger partial charge on any atom is -0.378 e. The van der Waals surface area contributed by atoms with Crippen molar-refractivity contribution in [3.05, 3.63) is 51.2 Å². The summed E-state index contributed by atoms with van der Waals surface area (Å²) in [6.45, 7) is 6.40. The molecule has 100 valence electrons. The van der Waals surface area contributed by atoms with Crippen LogP contribution in [-0.2, 0) is 0 Å². The fourth-order valence-corrected chi connectivity index (χ4v) is 3.16. The third-order valence-corrected chi connectivity index (χ3v) is 4.08. The highest BCUT2D eigenvalue weighted by molar-refractivity contribution is 7.12. The van der Waals surface area contributed by atoms with Gasteiger partial charge in [0, 0.05) is 27.0 Å². The highest BCUT2D eigenvalue weighted by Crippen LogP contribution is 2.28. The van der Waals surface area contributed by atoms with E-state index in [4.69, 9.17) is 5.73 Å². The Morgan fingerprint density at radius 2 is 1.89 bits per heavy atom. The first kappa shape index (κ1) is 13.6. The van der Waals surface area contributed by atoms with Gasteiger partial charge in [-0.2, -0.15) is 0 Å². The average Bonchev–Trinajstić information content (AvgIpc) is 2.69. The molecule has 4 heteroatoms. The molecule has 1 unspecified atom stereocenters. The van der Waals surface area contributed by atoms with Gasteiger partial charge in [-0.15, -0.1) is 11.3 Å². The number of carbonyl (C=O) groups is 1. The van der Waals surface area contributed by atoms with Gasteiger partial charge in [0.1, 0.15) is 0 Å². The van der Waals surface area contributed by atoms with Crippen LogP contribution in [-0.4, -0.2) is 5.91 Å². The van der Waals surface area contributed by atoms with Crippen LogP contribution in [0.15, 0.2) is 30.3 Å². The minimum absolute atomic E-state index is 0.240. The molecule has 0 aliphatic carbocycles. The highest BCUT2D eigenvalue weighted by atomic mass is 32.1. The zero-order valence-electron chi connectivity index (χ0n) is 11.4. The van der Waals surface area contributed by atoms with Gasteiger partial charge in [-0.05, 0) is 56.7 Å². The zero-order chi connectivity index (χ0) is 14.0. The molecule has 19 heavy (non-hydrogen) atoms. The van der Waals surface area contributed by atoms with Gasteiger partial charge in [-0.1, -0.05) is 0 Å². The van der Waals surface area contributed by atoms with Crippen molar-refractivity contribution in [1.82, 2.24) is 0 Å². The summed E-state index contributed by atoms with van der Waals surface area (Å²) in [5.74, 6) is -0.399. The van der Waals surface area contributed by atoms with E-state index in [1.165, 1.54) is 15.3 Å². The minimum atomic E-state index is -0.399. The lowest BCUT2D eigenvalue weighted by molar-refractivity contribution is 0.100. The van der Waals surface area contributed by atoms with Crippen molar-refractivity contribution >= 4 is 22.9 Å². The molecule has 1 aromatic carbocycles. The lowest BCUT2D eigenvalue weighted by atomic mass is 10.1. The average molecular weight is 274 g/mol. The van der Waals surface area contributed by atoms with E-state index in [0.717, 1.165) is 5.69 Å². The van der Waals surface area contributed by atoms with E-state index >= 15 is 0 Å². The van der Waals surface area contributed by atoms with Gasteiger partial charge in [-0.3, -0.25) is 4.79 Å². The van der Waals surface area contributed by atoms with E-state index in [1.807, 2.05) is 23.5 Å². The van der Waals surface area contributed by atoms with Crippen LogP contribution in [0.3, 0.4) is 0 Å². The first-order valence-electron chi connectivity index (χ1n) is 6.20. The fraction of sp³-hybridized carbons (Fsp3) is 0.267. The van der Waals surface area contributed by atoms with Gasteiger partial charge in [0.2, 0.25) is 5.91 Å². The molecule has 2 rings (SSSR count). The number of carbonyl (C=O) groups excluding carboxylic acids is 1. The maximum absolute atomic E-state index is 11.0. The van der Waals surface area contributed by atoms with Crippen LogP contribution in [0.5, 0.6) is 0 Å². The van der Waals surface area contributed by atoms with Crippen LogP contribution < -0.4 is 11.1 Å². The predicted molar refractivity (Wildman–Crippen MR) is 80.8 cm³/mol. The molecule has 2 aromatic rings. The number of thiophene rings is 1. The molecule has 0 bridgehead atoms. The molecule has 1 amide bonds. The Labute approximate surface area is 117 Å². The summed E-state index contributed by atoms with van der Waals surface area (Å²) >= 11 is 1.81. The number of amides is 1. The van der Waals surface area contributed by atoms with Crippen molar-refractivity contribution in [2.24, 2.45) is 5.73 Å². The lowest BCUT2D eigenvalue weighted by Gasteiger charge is -2.15. The maximum Gasteiger partial charge on any atom is 0.248 e. The number of rotatable bonds is 4. The summed E-state index contributed by atoms with van der Waals surface area (Å²) in [6, 6.07) is 9.70. The Morgan fingerprint density at radius 1 is 1.26 bits per heavy atom. The summed E-state index contributed by atoms with van der Waals surface area (Å²) in [4.78, 5) is 13.7. The number of benzene rings is 1. The highest BCUT2D eigenvalue weighted by Gasteiger charge is 2.11. The third-order valence-electron chi connectivity index (χ3n) is 3.10. The zero-order valence-corrected chi connectivity index (χ0v) is 12.2. The maximum atomic E-state index is 11.0. The first-order valence-corrected chi connectivity index (χ1v) is 7.02. The van der Waals surface area contributed by atoms with E-state index in [9.17, 15) is 4.79 Å². The molecule has 0 aliphatic heterocycles. The number of nitrogens with two attached hydrogens (primary N) is 1. The van der Waals surface area contributed by atoms with Crippen molar-refractivity contribution in [2.75, 3.05) is 5.32 Å². The molecular weight excluding hydrogens is 256 g/mol. The molecule has 0 fully saturated rings. The van der Waals surface area contributed by atoms with Crippen LogP contribution in [0.1, 0.15) is 38.6 Å². The van der Waals surface area contributed by atoms with Crippen molar-refractivity contribution in [3.8, 4) is 0 Å². The third kappa shape index (κ3) is 3.15. The second-order valence-electron chi connectivity index (χ2n) is 4.68. The smallest absolute Gasteiger partial charge is 0.248 e. The normalized spacial score (nSPS) is 12.2. The Bertz CT molecular complexity index is 587. The van der Waals surface area contributed by atoms with Crippen LogP contribution >= 0.6 is 11.3 Å². The molecule has 0 saturated heterocycles. The van der Waals surface area contributed by atoms with Gasteiger partial charge >= 0.3 is 0 Å². The standard InChI is InChI=1S/C15H18N2OS/c1-9-8-14(11(3)19-9)10(2)17-13-6-4-12(5-7-13)15(16)18/h4-8,10,17H,1-3H3,(H2,16,18). The van der Waals surface area contributed by atoms with Gasteiger partial charge in [0.15, 0.2) is 0 Å². The number of aryl methyl sites for hydroxylation is 2. The van der Waals surface area contributed by atoms with Crippen LogP contribution in [0.4, 0.5) is 5.69 Å². The number of primary amides is 1. The van der Waals surface area contributed by atoms with E-state index in [0.29, 0.717) is 5.56 Å². The van der Waals surface area contributed by atoms with Crippen LogP contribution in [0.25, 0.3) is 0 Å². The molecule has 1 atom stereocenters. The van der Waals surface area contributed by atoms with Gasteiger partial charge in [0.05, 0.1) is 0 Å². The molecule has 3 nitrogen and oxygen atoms in total. The number of anilines is 1. The number of nitrogens with one attached hydrogen (secondary N) is 1. The van der Waals surface area contributed by atoms with Crippen LogP contribution in [0, 0.1) is 13.8 Å². The predicted octanol–water partition coefficient (Wildman–Crippen LogP) is 3.64. The molecule has 0 aliphatic rings. The monoisotopic (exact) mass is 274 g/mol. The van der Waals surface area contributed by atoms with E-state index in [1.54, 1.807) is 12.1 Å². The number of hydrogen-bond donors (Lipinski definition) is 2. The van der Waals surface area contributed by atoms with Crippen molar-refractivity contribution in [1.29, 1.82) is 0 Å². The molecule has 1 aromatic heterocycles. The number of hydrogen-bond acceptors (Lipinski definition) is 3. The van der Waals surface area contributed by atoms with E-state index < -0.39 is 5.91 Å². The molecule has 0 spiro atoms. The van der Waals surface area contributed by atoms with Gasteiger partial charge < -0.3 is 11.1 Å². The van der Waals surface area contributed by atoms with Crippen molar-refractivity contribution < 1.29 is 4.79 Å². The molecule has 0 saturated carbocycles. The second-order valence-corrected chi connectivity index (χ2v) is 6.14. The Balaban J connectivity index is 2.12. The Kier molecular flexibility index (Phi) is 3.90. The van der Waals surface area contributed by atoms with Crippen molar-refractivity contribution in [3.63, 3.8) is 0 Å². The lowest BCUT2D eigenvalue weighted by Crippen LogP contribution is -2.11. The van der Waals surface area contributed by atoms with Crippen molar-refractivity contribution in [2.45, 2.75) is 26.8 Å². The van der Waals surface area contributed by atoms with Gasteiger partial charge in [0.25, 0.3) is 0 Å². The Morgan fingerprint density at radius 3 is 2.37 bits per heavy atom. The largest absolute Gasteiger partial charge is 0.378 e. The van der Waals surface area contributed by atoms with Crippen LogP contribution in [0.2, 0.25) is 0 Å². The quantitative estimate of drug-likeness (QED) is 0.894. The SMILES string of the molecule is Cc1cc(C(C)Nc2ccc(C(N)=O)cc2)c(C)s1. The summed E-state index contributed by atoms with van der Waals surface area (Å²) in [7, 11) is 0. The summed E-state index contributed by atoms with van der Waals surface area (Å²) in [6.07, 6.45) is 0. The van der Waals surface area contributed by atoms with E-state index in [2.05, 4.69) is 32.2 Å².